The Kier molecular flexibility index (Phi) is 21.4. The average Bonchev–Trinajstić information content (AvgIpc) is 3.55. The molecule has 0 aliphatic heterocycles. The lowest BCUT2D eigenvalue weighted by molar-refractivity contribution is -0.174. The standard InChI is InChI=1S/C50H90N2O6/c1-5-6-7-8-9-10-11-12-13-14-15-16-17-18-19-20-21-25-45(55)51-34-23-22-24-43(48(57)58)52-46(56)29-26-37(2)40-27-28-41-47-42(31-33-50(40,41)4)49(3)32-30-39(53)35-38(49)36-44(47)54/h37-44,47,53-54H,5-36H2,1-4H3,(H,51,55)(H,52,56)(H,57,58)/t37?,38?,39-,40?,41?,42?,43?,44-,47?,49+,50-/m1/s1. The third-order valence-electron chi connectivity index (χ3n) is 16.6. The summed E-state index contributed by atoms with van der Waals surface area (Å²) in [6, 6.07) is -0.907. The van der Waals surface area contributed by atoms with Gasteiger partial charge in [-0.25, -0.2) is 4.79 Å². The van der Waals surface area contributed by atoms with Gasteiger partial charge in [0.2, 0.25) is 11.8 Å². The summed E-state index contributed by atoms with van der Waals surface area (Å²) < 4.78 is 0. The SMILES string of the molecule is CCCCCCCCCCCCCCCCCCCC(=O)NCCCCC(NC(=O)CCC(C)C1CCC2C3C(CC[C@]12C)[C@@]1(C)CC[C@@H](O)CC1C[C@H]3O)C(=O)O. The molecule has 0 bridgehead atoms. The van der Waals surface area contributed by atoms with Gasteiger partial charge in [-0.15, -0.1) is 0 Å². The van der Waals surface area contributed by atoms with Gasteiger partial charge >= 0.3 is 5.97 Å². The minimum Gasteiger partial charge on any atom is -0.480 e. The van der Waals surface area contributed by atoms with Crippen LogP contribution in [0, 0.1) is 46.3 Å². The van der Waals surface area contributed by atoms with Crippen LogP contribution in [0.2, 0.25) is 0 Å². The fraction of sp³-hybridized carbons (Fsp3) is 0.940. The maximum atomic E-state index is 13.1. The van der Waals surface area contributed by atoms with Crippen molar-refractivity contribution in [3.8, 4) is 0 Å². The topological polar surface area (TPSA) is 136 Å². The number of aliphatic carboxylic acids is 1. The van der Waals surface area contributed by atoms with Crippen LogP contribution < -0.4 is 10.6 Å². The van der Waals surface area contributed by atoms with Crippen molar-refractivity contribution in [3.05, 3.63) is 0 Å². The molecule has 11 atom stereocenters. The molecule has 0 aromatic rings. The molecule has 4 aliphatic carbocycles. The van der Waals surface area contributed by atoms with Crippen molar-refractivity contribution in [1.29, 1.82) is 0 Å². The van der Waals surface area contributed by atoms with Gasteiger partial charge in [-0.1, -0.05) is 130 Å². The summed E-state index contributed by atoms with van der Waals surface area (Å²) in [6.45, 7) is 10.0. The monoisotopic (exact) mass is 815 g/mol. The van der Waals surface area contributed by atoms with Gasteiger partial charge < -0.3 is 26.0 Å². The average molecular weight is 815 g/mol. The van der Waals surface area contributed by atoms with Crippen LogP contribution in [-0.2, 0) is 14.4 Å². The number of carbonyl (C=O) groups excluding carboxylic acids is 2. The number of nitrogens with one attached hydrogen (secondary N) is 2. The minimum atomic E-state index is -0.999. The quantitative estimate of drug-likeness (QED) is 0.0477. The van der Waals surface area contributed by atoms with E-state index in [0.29, 0.717) is 74.2 Å². The first-order valence-corrected chi connectivity index (χ1v) is 25.1. The second-order valence-corrected chi connectivity index (χ2v) is 20.7. The van der Waals surface area contributed by atoms with Crippen LogP contribution >= 0.6 is 0 Å². The second-order valence-electron chi connectivity index (χ2n) is 20.7. The Morgan fingerprint density at radius 1 is 0.638 bits per heavy atom. The van der Waals surface area contributed by atoms with E-state index in [1.54, 1.807) is 0 Å². The molecular weight excluding hydrogens is 725 g/mol. The Morgan fingerprint density at radius 3 is 1.81 bits per heavy atom. The highest BCUT2D eigenvalue weighted by Gasteiger charge is 2.62. The molecule has 336 valence electrons. The normalized spacial score (nSPS) is 31.4. The van der Waals surface area contributed by atoms with Crippen LogP contribution in [0.25, 0.3) is 0 Å². The summed E-state index contributed by atoms with van der Waals surface area (Å²) in [5.41, 5.74) is 0.367. The number of hydrogen-bond acceptors (Lipinski definition) is 5. The molecule has 8 nitrogen and oxygen atoms in total. The third-order valence-corrected chi connectivity index (χ3v) is 16.6. The Balaban J connectivity index is 1.01. The van der Waals surface area contributed by atoms with Crippen LogP contribution in [0.4, 0.5) is 0 Å². The lowest BCUT2D eigenvalue weighted by Crippen LogP contribution is -2.58. The molecule has 4 saturated carbocycles. The van der Waals surface area contributed by atoms with E-state index < -0.39 is 12.0 Å². The summed E-state index contributed by atoms with van der Waals surface area (Å²) in [6.07, 6.45) is 33.5. The summed E-state index contributed by atoms with van der Waals surface area (Å²) >= 11 is 0. The Labute approximate surface area is 355 Å². The summed E-state index contributed by atoms with van der Waals surface area (Å²) in [5.74, 6) is 1.50. The van der Waals surface area contributed by atoms with E-state index >= 15 is 0 Å². The fourth-order valence-electron chi connectivity index (χ4n) is 13.1. The molecule has 4 rings (SSSR count). The van der Waals surface area contributed by atoms with Crippen molar-refractivity contribution in [2.75, 3.05) is 6.54 Å². The van der Waals surface area contributed by atoms with Gasteiger partial charge in [-0.05, 0) is 130 Å². The third kappa shape index (κ3) is 14.5. The first-order chi connectivity index (χ1) is 27.9. The van der Waals surface area contributed by atoms with Crippen LogP contribution in [0.3, 0.4) is 0 Å². The van der Waals surface area contributed by atoms with Crippen molar-refractivity contribution in [2.24, 2.45) is 46.3 Å². The number of hydrogen-bond donors (Lipinski definition) is 5. The minimum absolute atomic E-state index is 0.0800. The number of aliphatic hydroxyl groups excluding tert-OH is 2. The molecule has 0 saturated heterocycles. The number of carboxylic acid groups (broad SMARTS) is 1. The fourth-order valence-corrected chi connectivity index (χ4v) is 13.1. The van der Waals surface area contributed by atoms with Crippen LogP contribution in [0.5, 0.6) is 0 Å². The second kappa shape index (κ2) is 25.3. The lowest BCUT2D eigenvalue weighted by Gasteiger charge is -2.62. The molecule has 0 spiro atoms. The molecule has 0 aromatic carbocycles. The predicted molar refractivity (Wildman–Crippen MR) is 236 cm³/mol. The maximum Gasteiger partial charge on any atom is 0.326 e. The van der Waals surface area contributed by atoms with Gasteiger partial charge in [0.05, 0.1) is 12.2 Å². The number of rotatable bonds is 29. The van der Waals surface area contributed by atoms with Crippen molar-refractivity contribution in [1.82, 2.24) is 10.6 Å². The van der Waals surface area contributed by atoms with Crippen LogP contribution in [-0.4, -0.2) is 57.9 Å². The van der Waals surface area contributed by atoms with Crippen LogP contribution in [0.1, 0.15) is 227 Å². The molecule has 0 radical (unpaired) electrons. The number of fused-ring (bicyclic) bond motifs is 5. The van der Waals surface area contributed by atoms with Gasteiger partial charge in [0.1, 0.15) is 6.04 Å². The molecule has 4 fully saturated rings. The molecule has 5 N–H and O–H groups in total. The smallest absolute Gasteiger partial charge is 0.326 e. The summed E-state index contributed by atoms with van der Waals surface area (Å²) in [5, 5.41) is 37.6. The van der Waals surface area contributed by atoms with E-state index in [0.717, 1.165) is 64.2 Å². The molecule has 0 aromatic heterocycles. The van der Waals surface area contributed by atoms with Crippen molar-refractivity contribution in [3.63, 3.8) is 0 Å². The lowest BCUT2D eigenvalue weighted by atomic mass is 9.43. The van der Waals surface area contributed by atoms with E-state index in [9.17, 15) is 29.7 Å². The summed E-state index contributed by atoms with van der Waals surface area (Å²) in [7, 11) is 0. The number of unbranched alkanes of at least 4 members (excludes halogenated alkanes) is 17. The largest absolute Gasteiger partial charge is 0.480 e. The van der Waals surface area contributed by atoms with E-state index in [1.807, 2.05) is 0 Å². The number of aliphatic hydroxyl groups is 2. The van der Waals surface area contributed by atoms with Gasteiger partial charge in [-0.3, -0.25) is 9.59 Å². The molecular formula is C50H90N2O6. The highest BCUT2D eigenvalue weighted by atomic mass is 16.4. The summed E-state index contributed by atoms with van der Waals surface area (Å²) in [4.78, 5) is 37.4. The number of carboxylic acids is 1. The zero-order valence-electron chi connectivity index (χ0n) is 37.9. The molecule has 0 heterocycles. The van der Waals surface area contributed by atoms with E-state index in [2.05, 4.69) is 38.3 Å². The van der Waals surface area contributed by atoms with Gasteiger partial charge in [0.15, 0.2) is 0 Å². The molecule has 4 aliphatic rings. The zero-order chi connectivity index (χ0) is 42.0. The van der Waals surface area contributed by atoms with Crippen molar-refractivity contribution >= 4 is 17.8 Å². The van der Waals surface area contributed by atoms with Crippen molar-refractivity contribution < 1.29 is 29.7 Å². The van der Waals surface area contributed by atoms with E-state index in [4.69, 9.17) is 0 Å². The Hall–Kier alpha value is -1.67. The zero-order valence-corrected chi connectivity index (χ0v) is 37.9. The Morgan fingerprint density at radius 2 is 1.21 bits per heavy atom. The predicted octanol–water partition coefficient (Wildman–Crippen LogP) is 11.3. The Bertz CT molecular complexity index is 1210. The van der Waals surface area contributed by atoms with Gasteiger partial charge in [0.25, 0.3) is 0 Å². The van der Waals surface area contributed by atoms with Crippen LogP contribution in [0.15, 0.2) is 0 Å². The molecule has 2 amide bonds. The maximum absolute atomic E-state index is 13.1. The number of amides is 2. The van der Waals surface area contributed by atoms with Gasteiger partial charge in [-0.2, -0.15) is 0 Å². The first kappa shape index (κ1) is 49.0. The van der Waals surface area contributed by atoms with Crippen molar-refractivity contribution in [2.45, 2.75) is 245 Å². The van der Waals surface area contributed by atoms with E-state index in [1.165, 1.54) is 103 Å². The first-order valence-electron chi connectivity index (χ1n) is 25.1. The number of carbonyl (C=O) groups is 3. The molecule has 58 heavy (non-hydrogen) atoms. The molecule has 7 unspecified atom stereocenters. The highest BCUT2D eigenvalue weighted by Crippen LogP contribution is 2.68. The highest BCUT2D eigenvalue weighted by molar-refractivity contribution is 5.83. The van der Waals surface area contributed by atoms with Gasteiger partial charge in [0, 0.05) is 19.4 Å². The molecule has 8 heteroatoms. The van der Waals surface area contributed by atoms with E-state index in [-0.39, 0.29) is 34.9 Å².